The molecule has 0 saturated carbocycles. The molecule has 0 bridgehead atoms. The zero-order chi connectivity index (χ0) is 25.4. The fourth-order valence-electron chi connectivity index (χ4n) is 3.88. The Kier molecular flexibility index (Phi) is 5.84. The lowest BCUT2D eigenvalue weighted by molar-refractivity contribution is -0.137. The van der Waals surface area contributed by atoms with Crippen LogP contribution in [0.25, 0.3) is 27.8 Å². The number of hydrogen-bond acceptors (Lipinski definition) is 5. The standard InChI is InChI=1S/C25H20F3N5O3/c1-14-21(36-10-9-34)7-8-22-29-20(13-33(14)22)23(35)32-24-30-18-6-5-16(12-19(18)31-24)15-3-2-4-17(11-15)25(26,27)28/h2-8,11-13,34H,9-10H2,1H3,(H2,30,31,32,35). The molecular weight excluding hydrogens is 475 g/mol. The predicted octanol–water partition coefficient (Wildman–Crippen LogP) is 4.83. The molecule has 0 aliphatic heterocycles. The summed E-state index contributed by atoms with van der Waals surface area (Å²) in [6.07, 6.45) is -2.87. The third kappa shape index (κ3) is 4.48. The highest BCUT2D eigenvalue weighted by atomic mass is 19.4. The van der Waals surface area contributed by atoms with Gasteiger partial charge in [-0.3, -0.25) is 14.5 Å². The first-order chi connectivity index (χ1) is 17.2. The summed E-state index contributed by atoms with van der Waals surface area (Å²) in [7, 11) is 0. The molecule has 0 radical (unpaired) electrons. The van der Waals surface area contributed by atoms with E-state index in [-0.39, 0.29) is 24.9 Å². The van der Waals surface area contributed by atoms with Crippen LogP contribution in [0.5, 0.6) is 5.75 Å². The number of aryl methyl sites for hydroxylation is 1. The molecule has 3 aromatic heterocycles. The number of carbonyl (C=O) groups excluding carboxylic acids is 1. The molecule has 5 rings (SSSR count). The van der Waals surface area contributed by atoms with Gasteiger partial charge in [0, 0.05) is 6.20 Å². The molecule has 36 heavy (non-hydrogen) atoms. The number of carbonyl (C=O) groups is 1. The van der Waals surface area contributed by atoms with Crippen LogP contribution in [0.4, 0.5) is 19.1 Å². The SMILES string of the molecule is Cc1c(OCCO)ccc2nc(C(=O)Nc3nc4cc(-c5cccc(C(F)(F)F)c5)ccc4[nH]3)cn12. The number of hydrogen-bond donors (Lipinski definition) is 3. The van der Waals surface area contributed by atoms with Gasteiger partial charge >= 0.3 is 6.18 Å². The molecule has 8 nitrogen and oxygen atoms in total. The number of H-pyrrole nitrogens is 1. The highest BCUT2D eigenvalue weighted by Crippen LogP contribution is 2.33. The Morgan fingerprint density at radius 1 is 1.11 bits per heavy atom. The van der Waals surface area contributed by atoms with E-state index in [0.717, 1.165) is 17.8 Å². The highest BCUT2D eigenvalue weighted by Gasteiger charge is 2.30. The number of rotatable bonds is 6. The minimum Gasteiger partial charge on any atom is -0.489 e. The number of fused-ring (bicyclic) bond motifs is 2. The average molecular weight is 495 g/mol. The van der Waals surface area contributed by atoms with Crippen molar-refractivity contribution >= 4 is 28.5 Å². The Balaban J connectivity index is 1.39. The lowest BCUT2D eigenvalue weighted by atomic mass is 10.0. The Hall–Kier alpha value is -4.38. The lowest BCUT2D eigenvalue weighted by Crippen LogP contribution is -2.13. The average Bonchev–Trinajstić information content (AvgIpc) is 3.47. The van der Waals surface area contributed by atoms with Crippen molar-refractivity contribution in [3.63, 3.8) is 0 Å². The van der Waals surface area contributed by atoms with E-state index in [2.05, 4.69) is 20.3 Å². The Morgan fingerprint density at radius 2 is 1.92 bits per heavy atom. The summed E-state index contributed by atoms with van der Waals surface area (Å²) in [5, 5.41) is 11.6. The van der Waals surface area contributed by atoms with Crippen LogP contribution in [-0.2, 0) is 6.18 Å². The molecule has 184 valence electrons. The molecule has 0 spiro atoms. The maximum atomic E-state index is 13.1. The zero-order valence-electron chi connectivity index (χ0n) is 18.9. The molecule has 1 amide bonds. The number of nitrogens with one attached hydrogen (secondary N) is 2. The molecule has 0 aliphatic rings. The van der Waals surface area contributed by atoms with Gasteiger partial charge in [0.2, 0.25) is 5.95 Å². The van der Waals surface area contributed by atoms with Crippen LogP contribution in [0.15, 0.2) is 60.8 Å². The quantitative estimate of drug-likeness (QED) is 0.313. The number of amides is 1. The van der Waals surface area contributed by atoms with Gasteiger partial charge in [-0.25, -0.2) is 9.97 Å². The van der Waals surface area contributed by atoms with Crippen molar-refractivity contribution < 1.29 is 27.8 Å². The summed E-state index contributed by atoms with van der Waals surface area (Å²) in [4.78, 5) is 24.5. The number of benzene rings is 2. The van der Waals surface area contributed by atoms with E-state index in [1.54, 1.807) is 47.0 Å². The summed E-state index contributed by atoms with van der Waals surface area (Å²) in [5.74, 6) is 0.250. The number of ether oxygens (including phenoxy) is 1. The molecule has 3 heterocycles. The summed E-state index contributed by atoms with van der Waals surface area (Å²) in [5.41, 5.74) is 2.75. The van der Waals surface area contributed by atoms with Crippen LogP contribution in [-0.4, -0.2) is 43.6 Å². The van der Waals surface area contributed by atoms with E-state index in [4.69, 9.17) is 9.84 Å². The number of halogens is 3. The first kappa shape index (κ1) is 23.4. The maximum absolute atomic E-state index is 13.1. The molecule has 2 aromatic carbocycles. The summed E-state index contributed by atoms with van der Waals surface area (Å²) >= 11 is 0. The fraction of sp³-hybridized carbons (Fsp3) is 0.160. The molecule has 0 unspecified atom stereocenters. The molecule has 0 aliphatic carbocycles. The van der Waals surface area contributed by atoms with Gasteiger partial charge in [0.15, 0.2) is 0 Å². The van der Waals surface area contributed by atoms with Crippen LogP contribution >= 0.6 is 0 Å². The van der Waals surface area contributed by atoms with Crippen LogP contribution in [0, 0.1) is 6.92 Å². The van der Waals surface area contributed by atoms with Crippen molar-refractivity contribution in [3.05, 3.63) is 77.7 Å². The minimum atomic E-state index is -4.44. The number of nitrogens with zero attached hydrogens (tertiary/aromatic N) is 3. The number of imidazole rings is 2. The number of aromatic nitrogens is 4. The van der Waals surface area contributed by atoms with Crippen molar-refractivity contribution in [2.45, 2.75) is 13.1 Å². The van der Waals surface area contributed by atoms with Crippen molar-refractivity contribution in [2.24, 2.45) is 0 Å². The predicted molar refractivity (Wildman–Crippen MR) is 127 cm³/mol. The Bertz CT molecular complexity index is 1590. The van der Waals surface area contributed by atoms with Gasteiger partial charge in [-0.15, -0.1) is 0 Å². The molecule has 0 atom stereocenters. The Labute approximate surface area is 202 Å². The second-order valence-electron chi connectivity index (χ2n) is 8.06. The van der Waals surface area contributed by atoms with Crippen molar-refractivity contribution in [1.82, 2.24) is 19.4 Å². The molecule has 0 saturated heterocycles. The van der Waals surface area contributed by atoms with E-state index >= 15 is 0 Å². The zero-order valence-corrected chi connectivity index (χ0v) is 18.9. The van der Waals surface area contributed by atoms with Crippen LogP contribution < -0.4 is 10.1 Å². The fourth-order valence-corrected chi connectivity index (χ4v) is 3.88. The minimum absolute atomic E-state index is 0.117. The second kappa shape index (κ2) is 9.00. The van der Waals surface area contributed by atoms with Crippen LogP contribution in [0.1, 0.15) is 21.7 Å². The number of pyridine rings is 1. The number of aromatic amines is 1. The van der Waals surface area contributed by atoms with E-state index in [9.17, 15) is 18.0 Å². The third-order valence-corrected chi connectivity index (χ3v) is 5.65. The highest BCUT2D eigenvalue weighted by molar-refractivity contribution is 6.03. The smallest absolute Gasteiger partial charge is 0.416 e. The van der Waals surface area contributed by atoms with Gasteiger partial charge in [0.1, 0.15) is 23.7 Å². The summed E-state index contributed by atoms with van der Waals surface area (Å²) in [6, 6.07) is 13.5. The number of aliphatic hydroxyl groups is 1. The van der Waals surface area contributed by atoms with E-state index in [0.29, 0.717) is 33.6 Å². The number of anilines is 1. The topological polar surface area (TPSA) is 105 Å². The first-order valence-corrected chi connectivity index (χ1v) is 10.9. The van der Waals surface area contributed by atoms with Gasteiger partial charge in [0.25, 0.3) is 5.91 Å². The number of alkyl halides is 3. The summed E-state index contributed by atoms with van der Waals surface area (Å²) in [6.45, 7) is 1.84. The summed E-state index contributed by atoms with van der Waals surface area (Å²) < 4.78 is 46.4. The lowest BCUT2D eigenvalue weighted by Gasteiger charge is -2.08. The first-order valence-electron chi connectivity index (χ1n) is 10.9. The van der Waals surface area contributed by atoms with Gasteiger partial charge in [0.05, 0.1) is 28.9 Å². The largest absolute Gasteiger partial charge is 0.489 e. The van der Waals surface area contributed by atoms with Crippen LogP contribution in [0.3, 0.4) is 0 Å². The number of aliphatic hydroxyl groups excluding tert-OH is 1. The Morgan fingerprint density at radius 3 is 2.69 bits per heavy atom. The van der Waals surface area contributed by atoms with E-state index in [1.807, 2.05) is 6.92 Å². The second-order valence-corrected chi connectivity index (χ2v) is 8.06. The molecule has 0 fully saturated rings. The van der Waals surface area contributed by atoms with Crippen molar-refractivity contribution in [1.29, 1.82) is 0 Å². The molecule has 5 aromatic rings. The monoisotopic (exact) mass is 495 g/mol. The van der Waals surface area contributed by atoms with Gasteiger partial charge in [-0.1, -0.05) is 18.2 Å². The van der Waals surface area contributed by atoms with Crippen LogP contribution in [0.2, 0.25) is 0 Å². The third-order valence-electron chi connectivity index (χ3n) is 5.65. The van der Waals surface area contributed by atoms with Gasteiger partial charge in [-0.05, 0) is 54.4 Å². The normalized spacial score (nSPS) is 11.8. The maximum Gasteiger partial charge on any atom is 0.416 e. The molecule has 3 N–H and O–H groups in total. The molecular formula is C25H20F3N5O3. The van der Waals surface area contributed by atoms with Gasteiger partial charge in [-0.2, -0.15) is 13.2 Å². The molecule has 11 heteroatoms. The van der Waals surface area contributed by atoms with Crippen molar-refractivity contribution in [2.75, 3.05) is 18.5 Å². The van der Waals surface area contributed by atoms with E-state index in [1.165, 1.54) is 6.07 Å². The van der Waals surface area contributed by atoms with Crippen molar-refractivity contribution in [3.8, 4) is 16.9 Å². The van der Waals surface area contributed by atoms with E-state index < -0.39 is 17.6 Å². The van der Waals surface area contributed by atoms with Gasteiger partial charge < -0.3 is 14.8 Å².